The molecule has 1 aromatic carbocycles. The van der Waals surface area contributed by atoms with Gasteiger partial charge in [-0.25, -0.2) is 14.4 Å². The molecule has 0 spiro atoms. The lowest BCUT2D eigenvalue weighted by Gasteiger charge is -2.40. The number of benzene rings is 1. The first kappa shape index (κ1) is 24.3. The highest BCUT2D eigenvalue weighted by molar-refractivity contribution is 6.20. The van der Waals surface area contributed by atoms with E-state index in [9.17, 15) is 13.6 Å². The summed E-state index contributed by atoms with van der Waals surface area (Å²) in [5.41, 5.74) is 17.9. The Balaban J connectivity index is 1.63. The van der Waals surface area contributed by atoms with E-state index in [2.05, 4.69) is 20.6 Å². The zero-order valence-corrected chi connectivity index (χ0v) is 18.2. The molecule has 0 aliphatic heterocycles. The van der Waals surface area contributed by atoms with Crippen molar-refractivity contribution in [3.8, 4) is 0 Å². The van der Waals surface area contributed by atoms with Gasteiger partial charge >= 0.3 is 0 Å². The van der Waals surface area contributed by atoms with Crippen LogP contribution >= 0.6 is 0 Å². The monoisotopic (exact) mass is 457 g/mol. The molecule has 0 bridgehead atoms. The highest BCUT2D eigenvalue weighted by Gasteiger charge is 2.33. The average Bonchev–Trinajstić information content (AvgIpc) is 2.79. The molecule has 1 heterocycles. The third-order valence-electron chi connectivity index (χ3n) is 5.90. The van der Waals surface area contributed by atoms with Gasteiger partial charge in [-0.2, -0.15) is 4.39 Å². The Labute approximate surface area is 191 Å². The number of aromatic nitrogens is 1. The smallest absolute Gasteiger partial charge is 0.253 e. The van der Waals surface area contributed by atoms with Crippen molar-refractivity contribution in [2.45, 2.75) is 43.8 Å². The van der Waals surface area contributed by atoms with Crippen LogP contribution in [0.25, 0.3) is 0 Å². The summed E-state index contributed by atoms with van der Waals surface area (Å²) in [7, 11) is 0. The molecule has 33 heavy (non-hydrogen) atoms. The number of amides is 1. The molecular weight excluding hydrogens is 428 g/mol. The summed E-state index contributed by atoms with van der Waals surface area (Å²) < 4.78 is 27.1. The molecular formula is C23H29F2N7O. The summed E-state index contributed by atoms with van der Waals surface area (Å²) in [5.74, 6) is -1.86. The quantitative estimate of drug-likeness (QED) is 0.168. The number of hydrogen-bond donors (Lipinski definition) is 5. The van der Waals surface area contributed by atoms with Gasteiger partial charge in [-0.05, 0) is 37.8 Å². The molecule has 1 aliphatic carbocycles. The topological polar surface area (TPSA) is 144 Å². The highest BCUT2D eigenvalue weighted by atomic mass is 19.1. The predicted octanol–water partition coefficient (Wildman–Crippen LogP) is 1.74. The minimum Gasteiger partial charge on any atom is -0.383 e. The van der Waals surface area contributed by atoms with Gasteiger partial charge in [-0.15, -0.1) is 0 Å². The first-order valence-electron chi connectivity index (χ1n) is 10.7. The summed E-state index contributed by atoms with van der Waals surface area (Å²) in [6, 6.07) is 9.46. The Morgan fingerprint density at radius 3 is 2.58 bits per heavy atom. The van der Waals surface area contributed by atoms with Gasteiger partial charge < -0.3 is 27.8 Å². The van der Waals surface area contributed by atoms with Crippen molar-refractivity contribution in [2.24, 2.45) is 22.2 Å². The molecule has 1 amide bonds. The molecule has 1 aromatic heterocycles. The van der Waals surface area contributed by atoms with Crippen molar-refractivity contribution in [3.05, 3.63) is 71.7 Å². The number of nitrogens with one attached hydrogen (secondary N) is 2. The summed E-state index contributed by atoms with van der Waals surface area (Å²) in [4.78, 5) is 19.5. The van der Waals surface area contributed by atoms with Crippen LogP contribution in [-0.4, -0.2) is 34.9 Å². The lowest BCUT2D eigenvalue weighted by atomic mass is 9.79. The first-order valence-corrected chi connectivity index (χ1v) is 10.7. The van der Waals surface area contributed by atoms with Crippen LogP contribution in [0.4, 0.5) is 14.5 Å². The minimum absolute atomic E-state index is 0.0279. The standard InChI is InChI=1S/C23H29F2N7O/c24-19-4-2-1-3-15(19)12-30-16-5-8-23(14-26,9-6-16)31-13-18(22(28)33)21(27)32-17-7-10-29-20(25)11-17/h1-4,7,10-11,13,16,30-31H,5-6,8-9,12,14,26H2,(H2,28,33)(H2,27,29,32)/b18-13+. The number of carbonyl (C=O) groups is 1. The molecule has 1 aliphatic rings. The second-order valence-electron chi connectivity index (χ2n) is 8.13. The number of nitrogens with zero attached hydrogens (tertiary/aromatic N) is 2. The number of rotatable bonds is 9. The van der Waals surface area contributed by atoms with E-state index in [4.69, 9.17) is 17.2 Å². The van der Waals surface area contributed by atoms with Gasteiger partial charge in [0.1, 0.15) is 11.7 Å². The molecule has 3 rings (SSSR count). The van der Waals surface area contributed by atoms with E-state index in [1.807, 2.05) is 6.07 Å². The molecule has 0 unspecified atom stereocenters. The van der Waals surface area contributed by atoms with Crippen molar-refractivity contribution in [2.75, 3.05) is 6.54 Å². The van der Waals surface area contributed by atoms with Gasteiger partial charge in [0.25, 0.3) is 5.91 Å². The Morgan fingerprint density at radius 2 is 1.94 bits per heavy atom. The molecule has 1 fully saturated rings. The fraction of sp³-hybridized carbons (Fsp3) is 0.348. The number of halogens is 2. The Bertz CT molecular complexity index is 1030. The molecule has 0 atom stereocenters. The third-order valence-corrected chi connectivity index (χ3v) is 5.90. The second-order valence-corrected chi connectivity index (χ2v) is 8.13. The largest absolute Gasteiger partial charge is 0.383 e. The zero-order valence-electron chi connectivity index (χ0n) is 18.2. The van der Waals surface area contributed by atoms with Crippen LogP contribution in [0.5, 0.6) is 0 Å². The van der Waals surface area contributed by atoms with Crippen molar-refractivity contribution < 1.29 is 13.6 Å². The SMILES string of the molecule is NCC1(N/C=C(/C(N)=O)C(N)=Nc2ccnc(F)c2)CCC(NCc2ccccc2F)CC1. The van der Waals surface area contributed by atoms with Gasteiger partial charge in [0, 0.05) is 48.7 Å². The number of nitrogens with two attached hydrogens (primary N) is 3. The Kier molecular flexibility index (Phi) is 8.07. The number of amidine groups is 1. The fourth-order valence-corrected chi connectivity index (χ4v) is 3.84. The van der Waals surface area contributed by atoms with Crippen LogP contribution in [-0.2, 0) is 11.3 Å². The summed E-state index contributed by atoms with van der Waals surface area (Å²) in [6.45, 7) is 0.789. The van der Waals surface area contributed by atoms with Crippen molar-refractivity contribution >= 4 is 17.4 Å². The molecule has 1 saturated carbocycles. The van der Waals surface area contributed by atoms with Crippen LogP contribution < -0.4 is 27.8 Å². The lowest BCUT2D eigenvalue weighted by Crippen LogP contribution is -2.53. The van der Waals surface area contributed by atoms with E-state index in [1.165, 1.54) is 24.5 Å². The van der Waals surface area contributed by atoms with E-state index in [1.54, 1.807) is 12.1 Å². The van der Waals surface area contributed by atoms with E-state index < -0.39 is 17.4 Å². The van der Waals surface area contributed by atoms with E-state index in [0.29, 0.717) is 18.7 Å². The Morgan fingerprint density at radius 1 is 1.21 bits per heavy atom. The maximum Gasteiger partial charge on any atom is 0.253 e. The molecule has 8 N–H and O–H groups in total. The summed E-state index contributed by atoms with van der Waals surface area (Å²) in [6.07, 6.45) is 5.77. The molecule has 2 aromatic rings. The first-order chi connectivity index (χ1) is 15.8. The molecule has 0 radical (unpaired) electrons. The number of hydrogen-bond acceptors (Lipinski definition) is 6. The number of primary amides is 1. The average molecular weight is 458 g/mol. The second kappa shape index (κ2) is 11.0. The van der Waals surface area contributed by atoms with Gasteiger partial charge in [-0.3, -0.25) is 4.79 Å². The minimum atomic E-state index is -0.773. The molecule has 8 nitrogen and oxygen atoms in total. The molecule has 10 heteroatoms. The van der Waals surface area contributed by atoms with Crippen LogP contribution in [0.3, 0.4) is 0 Å². The number of pyridine rings is 1. The van der Waals surface area contributed by atoms with E-state index in [-0.39, 0.29) is 29.0 Å². The van der Waals surface area contributed by atoms with Crippen molar-refractivity contribution in [1.82, 2.24) is 15.6 Å². The fourth-order valence-electron chi connectivity index (χ4n) is 3.84. The maximum absolute atomic E-state index is 13.8. The van der Waals surface area contributed by atoms with Gasteiger partial charge in [0.05, 0.1) is 11.3 Å². The van der Waals surface area contributed by atoms with Gasteiger partial charge in [-0.1, -0.05) is 18.2 Å². The zero-order chi connectivity index (χ0) is 23.8. The van der Waals surface area contributed by atoms with Gasteiger partial charge in [0.15, 0.2) is 0 Å². The van der Waals surface area contributed by atoms with Crippen molar-refractivity contribution in [3.63, 3.8) is 0 Å². The lowest BCUT2D eigenvalue weighted by molar-refractivity contribution is -0.114. The van der Waals surface area contributed by atoms with E-state index in [0.717, 1.165) is 31.7 Å². The molecule has 0 saturated heterocycles. The normalized spacial score (nSPS) is 21.6. The maximum atomic E-state index is 13.8. The number of carbonyl (C=O) groups excluding carboxylic acids is 1. The highest BCUT2D eigenvalue weighted by Crippen LogP contribution is 2.28. The Hall–Kier alpha value is -3.37. The van der Waals surface area contributed by atoms with Gasteiger partial charge in [0.2, 0.25) is 5.95 Å². The van der Waals surface area contributed by atoms with E-state index >= 15 is 0 Å². The number of aliphatic imine (C=N–C) groups is 1. The summed E-state index contributed by atoms with van der Waals surface area (Å²) >= 11 is 0. The summed E-state index contributed by atoms with van der Waals surface area (Å²) in [5, 5.41) is 6.63. The third kappa shape index (κ3) is 6.56. The van der Waals surface area contributed by atoms with Crippen LogP contribution in [0.15, 0.2) is 59.4 Å². The van der Waals surface area contributed by atoms with Crippen molar-refractivity contribution in [1.29, 1.82) is 0 Å². The molecule has 176 valence electrons. The predicted molar refractivity (Wildman–Crippen MR) is 123 cm³/mol. The van der Waals surface area contributed by atoms with Crippen LogP contribution in [0, 0.1) is 11.8 Å². The van der Waals surface area contributed by atoms with Crippen LogP contribution in [0.2, 0.25) is 0 Å². The van der Waals surface area contributed by atoms with Crippen LogP contribution in [0.1, 0.15) is 31.2 Å².